The molecule has 3 nitrogen and oxygen atoms in total. The van der Waals surface area contributed by atoms with Crippen LogP contribution in [0.4, 0.5) is 28.4 Å². The Balaban J connectivity index is 1.26. The third kappa shape index (κ3) is 5.75. The van der Waals surface area contributed by atoms with Crippen molar-refractivity contribution in [1.82, 2.24) is 0 Å². The molecule has 5 aromatic rings. The SMILES string of the molecule is Cc1cc2c3c(c1)N(c1ccc(C(C)(C)C)cc1)c1cc4c(cc1B3c1oc3cc5c(cc3c1N2C1=CC=CC2CCCCC12)C(C)(C)CCC5(C)C)C(C)(C)CCC4(C)C. The molecule has 0 saturated heterocycles. The van der Waals surface area contributed by atoms with Gasteiger partial charge in [-0.05, 0) is 171 Å². The summed E-state index contributed by atoms with van der Waals surface area (Å²) in [5.74, 6) is 1.04. The first kappa shape index (κ1) is 39.4. The van der Waals surface area contributed by atoms with Crippen LogP contribution in [0.5, 0.6) is 0 Å². The predicted octanol–water partition coefficient (Wildman–Crippen LogP) is 13.7. The standard InChI is InChI=1S/C57H67BN2O/c1-34-28-47-50-48(29-34)60(45-19-15-17-35-16-13-14-18-38(35)45)51-39-30-40-43(57(11,12)27-24-54(40,5)6)33-49(39)61-52(51)58(50)44-31-41-42(56(9,10)26-25-55(41,7)8)32-46(44)59(47)37-22-20-36(21-23-37)53(2,3)4/h15,17,19-23,28-33,35,38H,13-14,16,18,24-27H2,1-12H3. The average molecular weight is 807 g/mol. The van der Waals surface area contributed by atoms with Crippen LogP contribution in [0.2, 0.25) is 0 Å². The third-order valence-corrected chi connectivity index (χ3v) is 16.8. The van der Waals surface area contributed by atoms with Crippen molar-refractivity contribution in [2.75, 3.05) is 9.80 Å². The van der Waals surface area contributed by atoms with Gasteiger partial charge < -0.3 is 14.2 Å². The highest BCUT2D eigenvalue weighted by Gasteiger charge is 2.51. The van der Waals surface area contributed by atoms with Crippen LogP contribution in [0, 0.1) is 18.8 Å². The molecule has 2 unspecified atom stereocenters. The lowest BCUT2D eigenvalue weighted by atomic mass is 9.35. The largest absolute Gasteiger partial charge is 0.468 e. The van der Waals surface area contributed by atoms with Crippen LogP contribution in [-0.4, -0.2) is 6.71 Å². The third-order valence-electron chi connectivity index (χ3n) is 16.8. The maximum absolute atomic E-state index is 7.64. The van der Waals surface area contributed by atoms with Crippen molar-refractivity contribution in [1.29, 1.82) is 0 Å². The summed E-state index contributed by atoms with van der Waals surface area (Å²) in [6.07, 6.45) is 17.2. The van der Waals surface area contributed by atoms with Crippen LogP contribution < -0.4 is 26.4 Å². The van der Waals surface area contributed by atoms with Gasteiger partial charge in [0.15, 0.2) is 0 Å². The molecule has 2 atom stereocenters. The van der Waals surface area contributed by atoms with E-state index in [2.05, 4.69) is 172 Å². The van der Waals surface area contributed by atoms with Crippen LogP contribution in [0.3, 0.4) is 0 Å². The molecule has 1 fully saturated rings. The summed E-state index contributed by atoms with van der Waals surface area (Å²) in [5, 5.41) is 1.28. The number of allylic oxidation sites excluding steroid dienone is 4. The van der Waals surface area contributed by atoms with Gasteiger partial charge in [0, 0.05) is 39.8 Å². The van der Waals surface area contributed by atoms with Gasteiger partial charge >= 0.3 is 0 Å². The topological polar surface area (TPSA) is 19.6 Å². The lowest BCUT2D eigenvalue weighted by Gasteiger charge is -2.48. The molecule has 4 aromatic carbocycles. The number of fused-ring (bicyclic) bond motifs is 9. The molecule has 0 radical (unpaired) electrons. The van der Waals surface area contributed by atoms with Crippen molar-refractivity contribution >= 4 is 62.7 Å². The number of benzene rings is 4. The van der Waals surface area contributed by atoms with Gasteiger partial charge in [0.2, 0.25) is 0 Å². The van der Waals surface area contributed by atoms with Gasteiger partial charge in [0.25, 0.3) is 6.71 Å². The first-order valence-corrected chi connectivity index (χ1v) is 23.8. The van der Waals surface area contributed by atoms with Gasteiger partial charge in [0.05, 0.1) is 11.3 Å². The van der Waals surface area contributed by atoms with Gasteiger partial charge in [-0.2, -0.15) is 0 Å². The smallest absolute Gasteiger partial charge is 0.297 e. The molecule has 1 saturated carbocycles. The molecule has 0 N–H and O–H groups in total. The minimum absolute atomic E-state index is 0.0459. The molecule has 2 aliphatic heterocycles. The molecule has 0 bridgehead atoms. The molecule has 3 heterocycles. The molecule has 0 spiro atoms. The predicted molar refractivity (Wildman–Crippen MR) is 261 cm³/mol. The van der Waals surface area contributed by atoms with E-state index in [1.165, 1.54) is 135 Å². The number of aryl methyl sites for hydroxylation is 1. The van der Waals surface area contributed by atoms with E-state index in [9.17, 15) is 0 Å². The lowest BCUT2D eigenvalue weighted by molar-refractivity contribution is 0.317. The van der Waals surface area contributed by atoms with Gasteiger partial charge in [-0.15, -0.1) is 0 Å². The molecular formula is C57H67BN2O. The number of hydrogen-bond acceptors (Lipinski definition) is 3. The molecule has 4 heteroatoms. The van der Waals surface area contributed by atoms with E-state index in [0.29, 0.717) is 11.8 Å². The van der Waals surface area contributed by atoms with Gasteiger partial charge in [-0.1, -0.05) is 119 Å². The van der Waals surface area contributed by atoms with Crippen molar-refractivity contribution < 1.29 is 4.42 Å². The Morgan fingerprint density at radius 2 is 1.23 bits per heavy atom. The molecule has 0 amide bonds. The molecule has 61 heavy (non-hydrogen) atoms. The van der Waals surface area contributed by atoms with E-state index in [4.69, 9.17) is 4.42 Å². The van der Waals surface area contributed by atoms with Crippen molar-refractivity contribution in [2.24, 2.45) is 11.8 Å². The van der Waals surface area contributed by atoms with Crippen LogP contribution in [-0.2, 0) is 27.1 Å². The minimum Gasteiger partial charge on any atom is -0.468 e. The fraction of sp³-hybridized carbons (Fsp3) is 0.474. The number of anilines is 5. The summed E-state index contributed by atoms with van der Waals surface area (Å²) < 4.78 is 7.64. The maximum atomic E-state index is 7.64. The summed E-state index contributed by atoms with van der Waals surface area (Å²) in [6.45, 7) is 29.0. The summed E-state index contributed by atoms with van der Waals surface area (Å²) in [6, 6.07) is 24.8. The molecule has 6 aliphatic rings. The normalized spacial score (nSPS) is 23.7. The average Bonchev–Trinajstić information content (AvgIpc) is 3.58. The van der Waals surface area contributed by atoms with Crippen molar-refractivity contribution in [3.8, 4) is 0 Å². The molecular weight excluding hydrogens is 739 g/mol. The molecule has 11 rings (SSSR count). The monoisotopic (exact) mass is 807 g/mol. The van der Waals surface area contributed by atoms with Crippen molar-refractivity contribution in [2.45, 2.75) is 162 Å². The summed E-state index contributed by atoms with van der Waals surface area (Å²) in [4.78, 5) is 5.37. The summed E-state index contributed by atoms with van der Waals surface area (Å²) in [7, 11) is 0. The zero-order valence-electron chi connectivity index (χ0n) is 39.2. The van der Waals surface area contributed by atoms with E-state index in [-0.39, 0.29) is 33.8 Å². The van der Waals surface area contributed by atoms with Crippen molar-refractivity contribution in [3.05, 3.63) is 118 Å². The summed E-state index contributed by atoms with van der Waals surface area (Å²) >= 11 is 0. The highest BCUT2D eigenvalue weighted by Crippen LogP contribution is 2.54. The Hall–Kier alpha value is -4.44. The first-order chi connectivity index (χ1) is 28.7. The van der Waals surface area contributed by atoms with E-state index in [0.717, 1.165) is 11.2 Å². The second kappa shape index (κ2) is 12.8. The Kier molecular flexibility index (Phi) is 8.29. The van der Waals surface area contributed by atoms with Crippen LogP contribution in [0.1, 0.15) is 161 Å². The zero-order chi connectivity index (χ0) is 42.8. The number of furan rings is 1. The number of rotatable bonds is 2. The number of nitrogens with zero attached hydrogens (tertiary/aromatic N) is 2. The Morgan fingerprint density at radius 3 is 1.87 bits per heavy atom. The zero-order valence-corrected chi connectivity index (χ0v) is 39.2. The first-order valence-electron chi connectivity index (χ1n) is 23.8. The van der Waals surface area contributed by atoms with Gasteiger partial charge in [-0.25, -0.2) is 0 Å². The Morgan fingerprint density at radius 1 is 0.656 bits per heavy atom. The van der Waals surface area contributed by atoms with E-state index < -0.39 is 0 Å². The lowest BCUT2D eigenvalue weighted by Crippen LogP contribution is -2.62. The fourth-order valence-corrected chi connectivity index (χ4v) is 12.8. The van der Waals surface area contributed by atoms with Crippen LogP contribution in [0.25, 0.3) is 11.0 Å². The highest BCUT2D eigenvalue weighted by atomic mass is 16.3. The molecule has 314 valence electrons. The maximum Gasteiger partial charge on any atom is 0.297 e. The quantitative estimate of drug-likeness (QED) is 0.163. The summed E-state index contributed by atoms with van der Waals surface area (Å²) in [5.41, 5.74) is 21.8. The fourth-order valence-electron chi connectivity index (χ4n) is 12.8. The van der Waals surface area contributed by atoms with Gasteiger partial charge in [0.1, 0.15) is 5.58 Å². The van der Waals surface area contributed by atoms with Gasteiger partial charge in [-0.3, -0.25) is 0 Å². The second-order valence-corrected chi connectivity index (χ2v) is 23.8. The number of hydrogen-bond donors (Lipinski definition) is 0. The van der Waals surface area contributed by atoms with E-state index in [1.807, 2.05) is 0 Å². The van der Waals surface area contributed by atoms with E-state index >= 15 is 0 Å². The van der Waals surface area contributed by atoms with Crippen LogP contribution >= 0.6 is 0 Å². The minimum atomic E-state index is -0.0459. The van der Waals surface area contributed by atoms with E-state index in [1.54, 1.807) is 0 Å². The Labute approximate surface area is 366 Å². The molecule has 4 aliphatic carbocycles. The molecule has 1 aromatic heterocycles. The highest BCUT2D eigenvalue weighted by molar-refractivity contribution is 7.00. The Bertz CT molecular complexity index is 2730. The second-order valence-electron chi connectivity index (χ2n) is 23.8. The van der Waals surface area contributed by atoms with Crippen LogP contribution in [0.15, 0.2) is 89.0 Å². The van der Waals surface area contributed by atoms with Crippen molar-refractivity contribution in [3.63, 3.8) is 0 Å².